The zero-order chi connectivity index (χ0) is 25.7. The summed E-state index contributed by atoms with van der Waals surface area (Å²) in [6.07, 6.45) is 6.88. The number of fused-ring (bicyclic) bond motifs is 1. The van der Waals surface area contributed by atoms with E-state index in [1.54, 1.807) is 20.4 Å². The van der Waals surface area contributed by atoms with Crippen LogP contribution in [0.3, 0.4) is 0 Å². The van der Waals surface area contributed by atoms with E-state index in [1.165, 1.54) is 5.56 Å². The first-order valence-electron chi connectivity index (χ1n) is 12.8. The molecule has 1 N–H and O–H groups in total. The highest BCUT2D eigenvalue weighted by Crippen LogP contribution is 2.37. The first-order valence-corrected chi connectivity index (χ1v) is 12.8. The van der Waals surface area contributed by atoms with Gasteiger partial charge in [0.2, 0.25) is 0 Å². The number of methoxy groups -OCH3 is 2. The number of carbonyl (C=O) groups is 1. The van der Waals surface area contributed by atoms with E-state index in [0.29, 0.717) is 30.6 Å². The van der Waals surface area contributed by atoms with Crippen molar-refractivity contribution >= 4 is 22.6 Å². The third kappa shape index (κ3) is 5.78. The molecule has 194 valence electrons. The average Bonchev–Trinajstić information content (AvgIpc) is 3.33. The summed E-state index contributed by atoms with van der Waals surface area (Å²) in [5, 5.41) is 1.06. The molecule has 0 saturated carbocycles. The van der Waals surface area contributed by atoms with Crippen molar-refractivity contribution in [2.75, 3.05) is 38.8 Å². The van der Waals surface area contributed by atoms with E-state index in [0.717, 1.165) is 55.0 Å². The van der Waals surface area contributed by atoms with E-state index in [9.17, 15) is 4.79 Å². The molecule has 3 aromatic rings. The summed E-state index contributed by atoms with van der Waals surface area (Å²) in [5.74, 6) is 2.26. The number of rotatable bonds is 11. The summed E-state index contributed by atoms with van der Waals surface area (Å²) in [5.41, 5.74) is 2.49. The van der Waals surface area contributed by atoms with Crippen LogP contribution in [-0.2, 0) is 4.74 Å². The van der Waals surface area contributed by atoms with Crippen molar-refractivity contribution in [1.82, 2.24) is 19.9 Å². The van der Waals surface area contributed by atoms with Crippen molar-refractivity contribution in [2.45, 2.75) is 58.5 Å². The number of aromatic nitrogens is 4. The minimum absolute atomic E-state index is 0.0190. The number of ether oxygens (including phenoxy) is 3. The molecule has 4 heterocycles. The lowest BCUT2D eigenvalue weighted by molar-refractivity contribution is 0.0844. The predicted molar refractivity (Wildman–Crippen MR) is 139 cm³/mol. The maximum atomic E-state index is 13.0. The Morgan fingerprint density at radius 2 is 2.00 bits per heavy atom. The zero-order valence-electron chi connectivity index (χ0n) is 21.9. The smallest absolute Gasteiger partial charge is 0.319 e. The van der Waals surface area contributed by atoms with Crippen LogP contribution in [0.4, 0.5) is 5.82 Å². The quantitative estimate of drug-likeness (QED) is 0.379. The van der Waals surface area contributed by atoms with E-state index < -0.39 is 0 Å². The van der Waals surface area contributed by atoms with Crippen molar-refractivity contribution in [3.8, 4) is 11.8 Å². The van der Waals surface area contributed by atoms with Crippen molar-refractivity contribution in [3.05, 3.63) is 35.8 Å². The molecule has 36 heavy (non-hydrogen) atoms. The highest BCUT2D eigenvalue weighted by atomic mass is 16.5. The summed E-state index contributed by atoms with van der Waals surface area (Å²) in [4.78, 5) is 32.1. The molecule has 9 heteroatoms. The van der Waals surface area contributed by atoms with Gasteiger partial charge in [-0.1, -0.05) is 20.3 Å². The molecule has 9 nitrogen and oxygen atoms in total. The van der Waals surface area contributed by atoms with Crippen LogP contribution in [0.5, 0.6) is 11.8 Å². The average molecular weight is 496 g/mol. The number of anilines is 1. The molecule has 2 atom stereocenters. The molecule has 1 aliphatic rings. The Hall–Kier alpha value is -3.20. The maximum absolute atomic E-state index is 13.0. The number of nitrogens with zero attached hydrogens (tertiary/aromatic N) is 4. The van der Waals surface area contributed by atoms with Crippen LogP contribution in [0.15, 0.2) is 24.5 Å². The fraction of sp³-hybridized carbons (Fsp3) is 0.556. The van der Waals surface area contributed by atoms with Gasteiger partial charge in [0.05, 0.1) is 19.1 Å². The largest absolute Gasteiger partial charge is 0.496 e. The SMILES string of the molecule is CC[C@H](C)CC(=O)c1cc(N2CCC(c3c[nH]c4nccc(OC)c34)CC2)nc(O[C@H](C)COC)n1. The Morgan fingerprint density at radius 3 is 2.69 bits per heavy atom. The maximum Gasteiger partial charge on any atom is 0.319 e. The highest BCUT2D eigenvalue weighted by molar-refractivity contribution is 5.95. The molecule has 4 rings (SSSR count). The second kappa shape index (κ2) is 11.7. The normalized spacial score (nSPS) is 16.2. The number of carbonyl (C=O) groups excluding carboxylic acids is 1. The molecule has 1 aliphatic heterocycles. The molecule has 3 aromatic heterocycles. The number of hydrogen-bond acceptors (Lipinski definition) is 8. The molecule has 1 fully saturated rings. The van der Waals surface area contributed by atoms with Gasteiger partial charge in [0.15, 0.2) is 5.78 Å². The third-order valence-electron chi connectivity index (χ3n) is 6.96. The number of piperidine rings is 1. The minimum Gasteiger partial charge on any atom is -0.496 e. The van der Waals surface area contributed by atoms with Gasteiger partial charge in [-0.15, -0.1) is 0 Å². The summed E-state index contributed by atoms with van der Waals surface area (Å²) in [6.45, 7) is 8.10. The molecule has 0 amide bonds. The summed E-state index contributed by atoms with van der Waals surface area (Å²) in [7, 11) is 3.32. The van der Waals surface area contributed by atoms with Crippen molar-refractivity contribution in [1.29, 1.82) is 0 Å². The van der Waals surface area contributed by atoms with Gasteiger partial charge in [-0.2, -0.15) is 9.97 Å². The number of aromatic amines is 1. The molecule has 0 unspecified atom stereocenters. The van der Waals surface area contributed by atoms with Crippen LogP contribution in [0.25, 0.3) is 11.0 Å². The fourth-order valence-corrected chi connectivity index (χ4v) is 4.75. The molecule has 0 bridgehead atoms. The number of Topliss-reactive ketones (excluding diaryl/α,β-unsaturated/α-hetero) is 1. The number of H-pyrrole nitrogens is 1. The van der Waals surface area contributed by atoms with Crippen LogP contribution in [0, 0.1) is 5.92 Å². The van der Waals surface area contributed by atoms with Gasteiger partial charge in [-0.25, -0.2) is 4.98 Å². The lowest BCUT2D eigenvalue weighted by Crippen LogP contribution is -2.34. The fourth-order valence-electron chi connectivity index (χ4n) is 4.75. The van der Waals surface area contributed by atoms with Gasteiger partial charge in [-0.05, 0) is 43.2 Å². The van der Waals surface area contributed by atoms with E-state index in [2.05, 4.69) is 44.9 Å². The Morgan fingerprint density at radius 1 is 1.22 bits per heavy atom. The van der Waals surface area contributed by atoms with Crippen LogP contribution < -0.4 is 14.4 Å². The van der Waals surface area contributed by atoms with Crippen molar-refractivity contribution < 1.29 is 19.0 Å². The van der Waals surface area contributed by atoms with Gasteiger partial charge in [0, 0.05) is 45.1 Å². The summed E-state index contributed by atoms with van der Waals surface area (Å²) in [6, 6.07) is 3.94. The molecular formula is C27H37N5O4. The van der Waals surface area contributed by atoms with Crippen molar-refractivity contribution in [2.24, 2.45) is 5.92 Å². The monoisotopic (exact) mass is 495 g/mol. The van der Waals surface area contributed by atoms with Crippen LogP contribution in [0.2, 0.25) is 0 Å². The summed E-state index contributed by atoms with van der Waals surface area (Å²) >= 11 is 0. The topological polar surface area (TPSA) is 102 Å². The third-order valence-corrected chi connectivity index (χ3v) is 6.96. The Labute approximate surface area is 212 Å². The molecule has 0 aliphatic carbocycles. The Bertz CT molecular complexity index is 1170. The van der Waals surface area contributed by atoms with Gasteiger partial charge in [0.25, 0.3) is 0 Å². The first kappa shape index (κ1) is 25.9. The van der Waals surface area contributed by atoms with Crippen LogP contribution >= 0.6 is 0 Å². The number of pyridine rings is 1. The minimum atomic E-state index is -0.223. The Kier molecular flexibility index (Phi) is 8.40. The van der Waals surface area contributed by atoms with Gasteiger partial charge in [0.1, 0.15) is 29.0 Å². The van der Waals surface area contributed by atoms with Gasteiger partial charge in [-0.3, -0.25) is 4.79 Å². The molecular weight excluding hydrogens is 458 g/mol. The zero-order valence-corrected chi connectivity index (χ0v) is 21.9. The van der Waals surface area contributed by atoms with E-state index in [1.807, 2.05) is 19.1 Å². The summed E-state index contributed by atoms with van der Waals surface area (Å²) < 4.78 is 16.7. The standard InChI is InChI=1S/C27H37N5O4/c1-6-17(2)13-22(33)21-14-24(31-27(30-21)36-18(3)16-34-4)32-11-8-19(9-12-32)20-15-29-26-25(20)23(35-5)7-10-28-26/h7,10,14-15,17-19H,6,8-9,11-13,16H2,1-5H3,(H,28,29)/t17-,18+/m0/s1. The predicted octanol–water partition coefficient (Wildman–Crippen LogP) is 4.78. The number of ketones is 1. The van der Waals surface area contributed by atoms with Crippen LogP contribution in [0.1, 0.15) is 68.4 Å². The van der Waals surface area contributed by atoms with E-state index in [-0.39, 0.29) is 17.9 Å². The number of hydrogen-bond donors (Lipinski definition) is 1. The molecule has 0 spiro atoms. The van der Waals surface area contributed by atoms with Gasteiger partial charge >= 0.3 is 6.01 Å². The van der Waals surface area contributed by atoms with Gasteiger partial charge < -0.3 is 24.1 Å². The van der Waals surface area contributed by atoms with Crippen LogP contribution in [-0.4, -0.2) is 65.7 Å². The lowest BCUT2D eigenvalue weighted by Gasteiger charge is -2.33. The molecule has 0 radical (unpaired) electrons. The second-order valence-electron chi connectivity index (χ2n) is 9.66. The molecule has 1 saturated heterocycles. The molecule has 0 aromatic carbocycles. The van der Waals surface area contributed by atoms with E-state index in [4.69, 9.17) is 14.2 Å². The number of nitrogens with one attached hydrogen (secondary N) is 1. The first-order chi connectivity index (χ1) is 17.4. The van der Waals surface area contributed by atoms with Crippen molar-refractivity contribution in [3.63, 3.8) is 0 Å². The second-order valence-corrected chi connectivity index (χ2v) is 9.66. The Balaban J connectivity index is 1.54. The van der Waals surface area contributed by atoms with E-state index >= 15 is 0 Å². The highest BCUT2D eigenvalue weighted by Gasteiger charge is 2.27. The lowest BCUT2D eigenvalue weighted by atomic mass is 9.89.